The van der Waals surface area contributed by atoms with Gasteiger partial charge in [0.25, 0.3) is 0 Å². The summed E-state index contributed by atoms with van der Waals surface area (Å²) < 4.78 is 12.1. The first-order valence-electron chi connectivity index (χ1n) is 11.4. The fourth-order valence-corrected chi connectivity index (χ4v) is 6.55. The van der Waals surface area contributed by atoms with Crippen molar-refractivity contribution in [3.63, 3.8) is 0 Å². The van der Waals surface area contributed by atoms with Crippen molar-refractivity contribution in [2.24, 2.45) is 22.7 Å². The van der Waals surface area contributed by atoms with Gasteiger partial charge in [-0.3, -0.25) is 0 Å². The summed E-state index contributed by atoms with van der Waals surface area (Å²) in [7, 11) is 0. The second kappa shape index (κ2) is 7.98. The number of allylic oxidation sites excluding steroid dienone is 1. The summed E-state index contributed by atoms with van der Waals surface area (Å²) in [6.07, 6.45) is 3.24. The van der Waals surface area contributed by atoms with Crippen LogP contribution in [0.5, 0.6) is 0 Å². The lowest BCUT2D eigenvalue weighted by Gasteiger charge is -2.61. The van der Waals surface area contributed by atoms with Gasteiger partial charge in [-0.15, -0.1) is 6.58 Å². The van der Waals surface area contributed by atoms with Crippen LogP contribution in [0.1, 0.15) is 67.2 Å². The molecule has 3 rings (SSSR count). The number of rotatable bonds is 6. The van der Waals surface area contributed by atoms with Crippen LogP contribution in [-0.2, 0) is 14.3 Å². The number of fused-ring (bicyclic) bond motifs is 1. The summed E-state index contributed by atoms with van der Waals surface area (Å²) in [6, 6.07) is 0. The van der Waals surface area contributed by atoms with Crippen LogP contribution in [0.3, 0.4) is 0 Å². The molecule has 3 aliphatic rings. The van der Waals surface area contributed by atoms with Gasteiger partial charge in [0, 0.05) is 11.0 Å². The van der Waals surface area contributed by atoms with E-state index in [9.17, 15) is 20.1 Å². The van der Waals surface area contributed by atoms with Crippen LogP contribution in [0.15, 0.2) is 24.3 Å². The number of ether oxygens (including phenoxy) is 2. The van der Waals surface area contributed by atoms with E-state index in [2.05, 4.69) is 6.58 Å². The molecular weight excluding hydrogens is 396 g/mol. The predicted molar refractivity (Wildman–Crippen MR) is 118 cm³/mol. The van der Waals surface area contributed by atoms with E-state index < -0.39 is 40.9 Å². The molecule has 1 aliphatic heterocycles. The maximum absolute atomic E-state index is 12.5. The topological polar surface area (TPSA) is 96.2 Å². The Morgan fingerprint density at radius 2 is 1.97 bits per heavy atom. The second-order valence-electron chi connectivity index (χ2n) is 11.0. The fraction of sp³-hybridized carbons (Fsp3) is 0.800. The average Bonchev–Trinajstić information content (AvgIpc) is 2.93. The van der Waals surface area contributed by atoms with Crippen LogP contribution in [-0.4, -0.2) is 57.4 Å². The molecule has 1 spiro atoms. The Morgan fingerprint density at radius 1 is 1.32 bits per heavy atom. The molecule has 3 N–H and O–H groups in total. The molecular formula is C25H40O6. The Hall–Kier alpha value is -1.21. The molecule has 6 heteroatoms. The number of aliphatic hydroxyl groups is 3. The number of carbonyl (C=O) groups excluding carboxylic acids is 1. The molecule has 0 aromatic rings. The van der Waals surface area contributed by atoms with Crippen molar-refractivity contribution in [3.05, 3.63) is 24.3 Å². The molecule has 2 aliphatic carbocycles. The molecule has 2 saturated carbocycles. The molecule has 1 heterocycles. The van der Waals surface area contributed by atoms with Gasteiger partial charge in [0.2, 0.25) is 0 Å². The van der Waals surface area contributed by atoms with Gasteiger partial charge < -0.3 is 24.8 Å². The summed E-state index contributed by atoms with van der Waals surface area (Å²) in [4.78, 5) is 12.5. The summed E-state index contributed by atoms with van der Waals surface area (Å²) in [5.74, 6) is -0.464. The van der Waals surface area contributed by atoms with Gasteiger partial charge >= 0.3 is 5.97 Å². The van der Waals surface area contributed by atoms with Crippen molar-refractivity contribution >= 4 is 5.97 Å². The molecule has 6 nitrogen and oxygen atoms in total. The summed E-state index contributed by atoms with van der Waals surface area (Å²) >= 11 is 0. The Bertz CT molecular complexity index is 755. The lowest BCUT2D eigenvalue weighted by atomic mass is 9.44. The van der Waals surface area contributed by atoms with E-state index in [0.717, 1.165) is 0 Å². The number of hydrogen-bond acceptors (Lipinski definition) is 6. The first kappa shape index (κ1) is 24.4. The van der Waals surface area contributed by atoms with Crippen molar-refractivity contribution in [1.82, 2.24) is 0 Å². The van der Waals surface area contributed by atoms with Crippen LogP contribution in [0.2, 0.25) is 0 Å². The van der Waals surface area contributed by atoms with Gasteiger partial charge in [0.05, 0.1) is 30.0 Å². The zero-order chi connectivity index (χ0) is 23.4. The second-order valence-corrected chi connectivity index (χ2v) is 11.0. The third-order valence-corrected chi connectivity index (χ3v) is 8.84. The maximum atomic E-state index is 12.5. The largest absolute Gasteiger partial charge is 0.456 e. The van der Waals surface area contributed by atoms with Gasteiger partial charge in [-0.2, -0.15) is 0 Å². The third kappa shape index (κ3) is 3.79. The van der Waals surface area contributed by atoms with Crippen LogP contribution in [0, 0.1) is 22.7 Å². The van der Waals surface area contributed by atoms with Crippen molar-refractivity contribution in [1.29, 1.82) is 0 Å². The van der Waals surface area contributed by atoms with Crippen LogP contribution < -0.4 is 0 Å². The normalized spacial score (nSPS) is 43.6. The number of aliphatic hydroxyl groups excluding tert-OH is 2. The molecule has 8 atom stereocenters. The van der Waals surface area contributed by atoms with Crippen LogP contribution in [0.4, 0.5) is 0 Å². The van der Waals surface area contributed by atoms with E-state index in [1.165, 1.54) is 0 Å². The summed E-state index contributed by atoms with van der Waals surface area (Å²) in [5, 5.41) is 32.9. The lowest BCUT2D eigenvalue weighted by Crippen LogP contribution is -2.66. The van der Waals surface area contributed by atoms with Crippen molar-refractivity contribution in [2.45, 2.75) is 96.7 Å². The minimum Gasteiger partial charge on any atom is -0.456 e. The van der Waals surface area contributed by atoms with E-state index in [1.807, 2.05) is 20.8 Å². The minimum atomic E-state index is -1.01. The zero-order valence-electron chi connectivity index (χ0n) is 19.9. The Kier molecular flexibility index (Phi) is 6.29. The third-order valence-electron chi connectivity index (χ3n) is 8.84. The lowest BCUT2D eigenvalue weighted by molar-refractivity contribution is -0.217. The number of hydrogen-bond donors (Lipinski definition) is 3. The minimum absolute atomic E-state index is 0.00276. The van der Waals surface area contributed by atoms with E-state index in [4.69, 9.17) is 9.47 Å². The highest BCUT2D eigenvalue weighted by molar-refractivity contribution is 5.87. The van der Waals surface area contributed by atoms with Gasteiger partial charge in [-0.25, -0.2) is 4.79 Å². The Morgan fingerprint density at radius 3 is 2.55 bits per heavy atom. The smallest absolute Gasteiger partial charge is 0.333 e. The monoisotopic (exact) mass is 436 g/mol. The zero-order valence-corrected chi connectivity index (χ0v) is 19.9. The molecule has 0 amide bonds. The first-order valence-corrected chi connectivity index (χ1v) is 11.4. The van der Waals surface area contributed by atoms with E-state index in [-0.39, 0.29) is 17.3 Å². The quantitative estimate of drug-likeness (QED) is 0.336. The SMILES string of the molecule is C=C[C@](C)(O)CC[C@H]1[C@]23CO[C@@]1(C)[C@H](O)C[C@H]2C(C)(C)[C@H](O)[C@H](OC(=O)/C(C)=C\C)C3. The van der Waals surface area contributed by atoms with Gasteiger partial charge in [0.15, 0.2) is 0 Å². The number of carbonyl (C=O) groups is 1. The number of esters is 1. The average molecular weight is 437 g/mol. The van der Waals surface area contributed by atoms with E-state index in [1.54, 1.807) is 32.9 Å². The van der Waals surface area contributed by atoms with E-state index >= 15 is 0 Å². The fourth-order valence-electron chi connectivity index (χ4n) is 6.55. The predicted octanol–water partition coefficient (Wildman–Crippen LogP) is 3.14. The van der Waals surface area contributed by atoms with Crippen LogP contribution in [0.25, 0.3) is 0 Å². The highest BCUT2D eigenvalue weighted by atomic mass is 16.6. The molecule has 176 valence electrons. The maximum Gasteiger partial charge on any atom is 0.333 e. The molecule has 0 aromatic carbocycles. The highest BCUT2D eigenvalue weighted by Crippen LogP contribution is 2.67. The van der Waals surface area contributed by atoms with Gasteiger partial charge in [-0.1, -0.05) is 26.0 Å². The van der Waals surface area contributed by atoms with Crippen molar-refractivity contribution < 1.29 is 29.6 Å². The standard InChI is InChI=1S/C25H40O6/c1-8-15(3)21(28)31-16-13-25-14-30-24(7,17(25)10-11-23(6,29)9-2)19(26)12-18(25)22(4,5)20(16)27/h8-9,16-20,26-27,29H,2,10-14H2,1,3-7H3/b15-8-/t16-,17-,18+,19-,20-,23+,24-,25+/m1/s1. The Balaban J connectivity index is 2.00. The van der Waals surface area contributed by atoms with Crippen LogP contribution >= 0.6 is 0 Å². The molecule has 2 bridgehead atoms. The highest BCUT2D eigenvalue weighted by Gasteiger charge is 2.71. The molecule has 0 radical (unpaired) electrons. The van der Waals surface area contributed by atoms with Gasteiger partial charge in [-0.05, 0) is 70.6 Å². The first-order chi connectivity index (χ1) is 14.2. The molecule has 0 unspecified atom stereocenters. The van der Waals surface area contributed by atoms with Crippen molar-refractivity contribution in [2.75, 3.05) is 6.61 Å². The van der Waals surface area contributed by atoms with Crippen molar-refractivity contribution in [3.8, 4) is 0 Å². The molecule has 31 heavy (non-hydrogen) atoms. The summed E-state index contributed by atoms with van der Waals surface area (Å²) in [6.45, 7) is 15.4. The molecule has 0 aromatic heterocycles. The molecule has 1 saturated heterocycles. The Labute approximate surface area is 186 Å². The van der Waals surface area contributed by atoms with Gasteiger partial charge in [0.1, 0.15) is 6.10 Å². The molecule has 3 fully saturated rings. The van der Waals surface area contributed by atoms with E-state index in [0.29, 0.717) is 37.9 Å². The summed E-state index contributed by atoms with van der Waals surface area (Å²) in [5.41, 5.74) is -2.18.